The van der Waals surface area contributed by atoms with E-state index in [1.807, 2.05) is 0 Å². The fourth-order valence-electron chi connectivity index (χ4n) is 1.25. The van der Waals surface area contributed by atoms with Crippen molar-refractivity contribution in [3.63, 3.8) is 0 Å². The number of nitrogens with zero attached hydrogens (tertiary/aromatic N) is 1. The topological polar surface area (TPSA) is 12.9 Å². The van der Waals surface area contributed by atoms with Crippen LogP contribution < -0.4 is 0 Å². The summed E-state index contributed by atoms with van der Waals surface area (Å²) in [5.41, 5.74) is 1.63. The summed E-state index contributed by atoms with van der Waals surface area (Å²) in [5.74, 6) is 0.0821. The molecule has 0 fully saturated rings. The fourth-order valence-corrected chi connectivity index (χ4v) is 1.59. The zero-order valence-electron chi connectivity index (χ0n) is 7.44. The number of aromatic nitrogens is 1. The number of aryl methyl sites for hydroxylation is 2. The van der Waals surface area contributed by atoms with Crippen LogP contribution in [0.4, 0.5) is 8.78 Å². The van der Waals surface area contributed by atoms with Gasteiger partial charge in [-0.15, -0.1) is 11.6 Å². The van der Waals surface area contributed by atoms with Crippen LogP contribution in [0.1, 0.15) is 28.9 Å². The van der Waals surface area contributed by atoms with Gasteiger partial charge in [0.25, 0.3) is 6.43 Å². The minimum atomic E-state index is -2.55. The number of halogens is 3. The fraction of sp³-hybridized carbons (Fsp3) is 0.444. The molecular formula is C9H10ClF2N. The highest BCUT2D eigenvalue weighted by atomic mass is 35.5. The summed E-state index contributed by atoms with van der Waals surface area (Å²) >= 11 is 5.56. The summed E-state index contributed by atoms with van der Waals surface area (Å²) in [6.45, 7) is 3.45. The van der Waals surface area contributed by atoms with E-state index in [-0.39, 0.29) is 11.6 Å². The van der Waals surface area contributed by atoms with E-state index in [0.717, 1.165) is 5.56 Å². The normalized spacial score (nSPS) is 10.9. The molecule has 0 N–H and O–H groups in total. The van der Waals surface area contributed by atoms with E-state index in [1.165, 1.54) is 0 Å². The molecule has 72 valence electrons. The maximum absolute atomic E-state index is 12.5. The van der Waals surface area contributed by atoms with Gasteiger partial charge >= 0.3 is 0 Å². The average Bonchev–Trinajstić information content (AvgIpc) is 2.02. The third-order valence-electron chi connectivity index (χ3n) is 1.85. The van der Waals surface area contributed by atoms with Gasteiger partial charge in [-0.1, -0.05) is 0 Å². The van der Waals surface area contributed by atoms with Crippen molar-refractivity contribution in [3.8, 4) is 0 Å². The van der Waals surface area contributed by atoms with Gasteiger partial charge in [-0.05, 0) is 31.0 Å². The van der Waals surface area contributed by atoms with Crippen molar-refractivity contribution in [1.29, 1.82) is 0 Å². The molecule has 0 saturated carbocycles. The largest absolute Gasteiger partial charge is 0.280 e. The molecule has 0 spiro atoms. The molecule has 1 aromatic rings. The van der Waals surface area contributed by atoms with Crippen LogP contribution in [0.15, 0.2) is 6.07 Å². The second kappa shape index (κ2) is 4.01. The molecule has 0 aliphatic carbocycles. The molecule has 1 aromatic heterocycles. The van der Waals surface area contributed by atoms with Crippen molar-refractivity contribution < 1.29 is 8.78 Å². The monoisotopic (exact) mass is 205 g/mol. The van der Waals surface area contributed by atoms with E-state index in [9.17, 15) is 8.78 Å². The third kappa shape index (κ3) is 2.15. The summed E-state index contributed by atoms with van der Waals surface area (Å²) in [7, 11) is 0. The van der Waals surface area contributed by atoms with Crippen molar-refractivity contribution >= 4 is 11.6 Å². The zero-order valence-corrected chi connectivity index (χ0v) is 8.20. The van der Waals surface area contributed by atoms with Crippen molar-refractivity contribution in [2.24, 2.45) is 0 Å². The van der Waals surface area contributed by atoms with E-state index in [1.54, 1.807) is 19.9 Å². The van der Waals surface area contributed by atoms with Crippen LogP contribution >= 0.6 is 11.6 Å². The van der Waals surface area contributed by atoms with Crippen molar-refractivity contribution in [2.45, 2.75) is 26.2 Å². The smallest absolute Gasteiger partial charge is 0.252 e. The molecule has 0 unspecified atom stereocenters. The van der Waals surface area contributed by atoms with E-state index in [0.29, 0.717) is 11.3 Å². The molecule has 0 saturated heterocycles. The van der Waals surface area contributed by atoms with Crippen LogP contribution in [0.25, 0.3) is 0 Å². The minimum absolute atomic E-state index is 0.0821. The number of hydrogen-bond donors (Lipinski definition) is 0. The lowest BCUT2D eigenvalue weighted by molar-refractivity contribution is 0.145. The molecule has 0 aliphatic rings. The number of hydrogen-bond acceptors (Lipinski definition) is 1. The lowest BCUT2D eigenvalue weighted by Gasteiger charge is -2.09. The Kier molecular flexibility index (Phi) is 3.20. The molecule has 0 atom stereocenters. The Labute approximate surface area is 80.7 Å². The summed E-state index contributed by atoms with van der Waals surface area (Å²) in [5, 5.41) is 0. The molecule has 1 nitrogen and oxygen atoms in total. The van der Waals surface area contributed by atoms with Crippen LogP contribution in [0.5, 0.6) is 0 Å². The molecular weight excluding hydrogens is 196 g/mol. The highest BCUT2D eigenvalue weighted by Gasteiger charge is 2.16. The molecule has 4 heteroatoms. The Balaban J connectivity index is 3.29. The zero-order chi connectivity index (χ0) is 10.0. The molecule has 1 rings (SSSR count). The van der Waals surface area contributed by atoms with Gasteiger partial charge in [0.1, 0.15) is 5.69 Å². The lowest BCUT2D eigenvalue weighted by atomic mass is 10.1. The third-order valence-corrected chi connectivity index (χ3v) is 2.11. The maximum atomic E-state index is 12.5. The van der Waals surface area contributed by atoms with E-state index in [4.69, 9.17) is 11.6 Å². The molecule has 0 aromatic carbocycles. The second-order valence-electron chi connectivity index (χ2n) is 2.88. The summed E-state index contributed by atoms with van der Waals surface area (Å²) in [6, 6.07) is 1.75. The number of alkyl halides is 3. The molecule has 0 aliphatic heterocycles. The standard InChI is InChI=1S/C9H10ClF2N/c1-5-3-6(2)13-8(9(11)12)7(5)4-10/h3,9H,4H2,1-2H3. The number of pyridine rings is 1. The van der Waals surface area contributed by atoms with Gasteiger partial charge in [0.15, 0.2) is 0 Å². The first-order chi connectivity index (χ1) is 6.06. The molecule has 1 heterocycles. The highest BCUT2D eigenvalue weighted by molar-refractivity contribution is 6.17. The van der Waals surface area contributed by atoms with Gasteiger partial charge < -0.3 is 0 Å². The first kappa shape index (κ1) is 10.4. The Morgan fingerprint density at radius 2 is 2.08 bits per heavy atom. The van der Waals surface area contributed by atoms with Gasteiger partial charge in [0.2, 0.25) is 0 Å². The summed E-state index contributed by atoms with van der Waals surface area (Å²) in [4.78, 5) is 3.77. The Bertz CT molecular complexity index is 313. The molecule has 13 heavy (non-hydrogen) atoms. The van der Waals surface area contributed by atoms with Crippen LogP contribution in [0, 0.1) is 13.8 Å². The van der Waals surface area contributed by atoms with Crippen molar-refractivity contribution in [1.82, 2.24) is 4.98 Å². The van der Waals surface area contributed by atoms with Crippen molar-refractivity contribution in [3.05, 3.63) is 28.6 Å². The Morgan fingerprint density at radius 3 is 2.54 bits per heavy atom. The molecule has 0 amide bonds. The van der Waals surface area contributed by atoms with Crippen LogP contribution in [0.2, 0.25) is 0 Å². The summed E-state index contributed by atoms with van der Waals surface area (Å²) in [6.07, 6.45) is -2.55. The molecule has 0 radical (unpaired) electrons. The van der Waals surface area contributed by atoms with Gasteiger partial charge in [-0.3, -0.25) is 4.98 Å². The molecule has 0 bridgehead atoms. The first-order valence-corrected chi connectivity index (χ1v) is 4.41. The van der Waals surface area contributed by atoms with Gasteiger partial charge in [-0.25, -0.2) is 8.78 Å². The van der Waals surface area contributed by atoms with E-state index < -0.39 is 6.43 Å². The van der Waals surface area contributed by atoms with E-state index in [2.05, 4.69) is 4.98 Å². The first-order valence-electron chi connectivity index (χ1n) is 3.87. The van der Waals surface area contributed by atoms with E-state index >= 15 is 0 Å². The highest BCUT2D eigenvalue weighted by Crippen LogP contribution is 2.25. The predicted octanol–water partition coefficient (Wildman–Crippen LogP) is 3.37. The minimum Gasteiger partial charge on any atom is -0.252 e. The van der Waals surface area contributed by atoms with Gasteiger partial charge in [0, 0.05) is 11.6 Å². The Hall–Kier alpha value is -0.700. The SMILES string of the molecule is Cc1cc(C)c(CCl)c(C(F)F)n1. The Morgan fingerprint density at radius 1 is 1.46 bits per heavy atom. The van der Waals surface area contributed by atoms with Crippen LogP contribution in [-0.2, 0) is 5.88 Å². The van der Waals surface area contributed by atoms with Gasteiger partial charge in [-0.2, -0.15) is 0 Å². The predicted molar refractivity (Wildman–Crippen MR) is 48.2 cm³/mol. The quantitative estimate of drug-likeness (QED) is 0.675. The lowest BCUT2D eigenvalue weighted by Crippen LogP contribution is -2.01. The second-order valence-corrected chi connectivity index (χ2v) is 3.15. The van der Waals surface area contributed by atoms with Crippen molar-refractivity contribution in [2.75, 3.05) is 0 Å². The van der Waals surface area contributed by atoms with Gasteiger partial charge in [0.05, 0.1) is 0 Å². The van der Waals surface area contributed by atoms with Crippen LogP contribution in [-0.4, -0.2) is 4.98 Å². The maximum Gasteiger partial charge on any atom is 0.280 e. The number of rotatable bonds is 2. The average molecular weight is 206 g/mol. The summed E-state index contributed by atoms with van der Waals surface area (Å²) < 4.78 is 24.9. The van der Waals surface area contributed by atoms with Crippen LogP contribution in [0.3, 0.4) is 0 Å².